The predicted molar refractivity (Wildman–Crippen MR) is 116 cm³/mol. The van der Waals surface area contributed by atoms with Crippen LogP contribution in [0.3, 0.4) is 0 Å². The van der Waals surface area contributed by atoms with E-state index in [1.54, 1.807) is 4.68 Å². The quantitative estimate of drug-likeness (QED) is 0.384. The molecule has 0 bridgehead atoms. The van der Waals surface area contributed by atoms with E-state index < -0.39 is 0 Å². The number of aryl methyl sites for hydroxylation is 1. The third kappa shape index (κ3) is 3.56. The Balaban J connectivity index is 1.59. The Kier molecular flexibility index (Phi) is 4.44. The van der Waals surface area contributed by atoms with Crippen molar-refractivity contribution in [3.8, 4) is 16.9 Å². The van der Waals surface area contributed by atoms with Gasteiger partial charge in [-0.1, -0.05) is 48.0 Å². The van der Waals surface area contributed by atoms with E-state index in [1.807, 2.05) is 47.4 Å². The first-order chi connectivity index (χ1) is 14.2. The van der Waals surface area contributed by atoms with Crippen molar-refractivity contribution >= 4 is 18.4 Å². The molecule has 0 atom stereocenters. The predicted octanol–water partition coefficient (Wildman–Crippen LogP) is 4.86. The van der Waals surface area contributed by atoms with Gasteiger partial charge in [0.05, 0.1) is 11.9 Å². The Morgan fingerprint density at radius 1 is 1.10 bits per heavy atom. The van der Waals surface area contributed by atoms with E-state index in [0.717, 1.165) is 41.2 Å². The number of rotatable bonds is 5. The van der Waals surface area contributed by atoms with Crippen LogP contribution in [0.5, 0.6) is 0 Å². The van der Waals surface area contributed by atoms with Gasteiger partial charge >= 0.3 is 0 Å². The highest BCUT2D eigenvalue weighted by atomic mass is 32.1. The third-order valence-electron chi connectivity index (χ3n) is 5.02. The number of H-pyrrole nitrogens is 1. The third-order valence-corrected chi connectivity index (χ3v) is 5.28. The van der Waals surface area contributed by atoms with Gasteiger partial charge in [-0.15, -0.1) is 0 Å². The molecule has 4 aromatic rings. The maximum Gasteiger partial charge on any atom is 0.216 e. The van der Waals surface area contributed by atoms with Crippen LogP contribution >= 0.6 is 12.2 Å². The number of aromatic nitrogens is 5. The van der Waals surface area contributed by atoms with Gasteiger partial charge in [0.15, 0.2) is 5.82 Å². The number of hydrogen-bond donors (Lipinski definition) is 1. The first-order valence-electron chi connectivity index (χ1n) is 9.63. The van der Waals surface area contributed by atoms with Crippen molar-refractivity contribution in [3.63, 3.8) is 0 Å². The second-order valence-electron chi connectivity index (χ2n) is 7.30. The number of para-hydroxylation sites is 1. The molecule has 144 valence electrons. The molecule has 0 spiro atoms. The normalized spacial score (nSPS) is 14.0. The fraction of sp³-hybridized carbons (Fsp3) is 0.182. The van der Waals surface area contributed by atoms with Crippen molar-refractivity contribution in [1.29, 1.82) is 0 Å². The lowest BCUT2D eigenvalue weighted by Crippen LogP contribution is -1.97. The van der Waals surface area contributed by atoms with Gasteiger partial charge in [-0.25, -0.2) is 4.68 Å². The van der Waals surface area contributed by atoms with E-state index in [9.17, 15) is 0 Å². The lowest BCUT2D eigenvalue weighted by molar-refractivity contribution is 0.773. The lowest BCUT2D eigenvalue weighted by atomic mass is 10.1. The minimum Gasteiger partial charge on any atom is -0.250 e. The van der Waals surface area contributed by atoms with Crippen LogP contribution in [-0.4, -0.2) is 30.9 Å². The van der Waals surface area contributed by atoms with Crippen molar-refractivity contribution in [1.82, 2.24) is 24.7 Å². The molecule has 2 aromatic carbocycles. The molecule has 6 nitrogen and oxygen atoms in total. The average Bonchev–Trinajstić information content (AvgIpc) is 3.40. The topological polar surface area (TPSA) is 63.8 Å². The Labute approximate surface area is 173 Å². The molecule has 0 amide bonds. The number of hydrogen-bond acceptors (Lipinski definition) is 4. The van der Waals surface area contributed by atoms with Crippen LogP contribution in [-0.2, 0) is 0 Å². The maximum atomic E-state index is 5.37. The van der Waals surface area contributed by atoms with Crippen LogP contribution in [0.4, 0.5) is 0 Å². The molecular weight excluding hydrogens is 380 g/mol. The number of nitrogens with zero attached hydrogens (tertiary/aromatic N) is 5. The van der Waals surface area contributed by atoms with E-state index in [4.69, 9.17) is 17.3 Å². The zero-order valence-corrected chi connectivity index (χ0v) is 16.8. The lowest BCUT2D eigenvalue weighted by Gasteiger charge is -2.01. The van der Waals surface area contributed by atoms with Crippen molar-refractivity contribution in [3.05, 3.63) is 82.5 Å². The summed E-state index contributed by atoms with van der Waals surface area (Å²) in [5.74, 6) is 1.35. The fourth-order valence-corrected chi connectivity index (χ4v) is 3.46. The second kappa shape index (κ2) is 7.25. The Morgan fingerprint density at radius 2 is 1.86 bits per heavy atom. The van der Waals surface area contributed by atoms with Crippen molar-refractivity contribution in [2.75, 3.05) is 0 Å². The van der Waals surface area contributed by atoms with Crippen molar-refractivity contribution < 1.29 is 0 Å². The minimum absolute atomic E-state index is 0.448. The van der Waals surface area contributed by atoms with Crippen LogP contribution in [0.15, 0.2) is 65.9 Å². The van der Waals surface area contributed by atoms with Crippen molar-refractivity contribution in [2.45, 2.75) is 25.7 Å². The van der Waals surface area contributed by atoms with Crippen LogP contribution in [0, 0.1) is 11.7 Å². The summed E-state index contributed by atoms with van der Waals surface area (Å²) in [6, 6.07) is 18.4. The molecule has 7 heteroatoms. The zero-order chi connectivity index (χ0) is 19.8. The van der Waals surface area contributed by atoms with Gasteiger partial charge in [-0.05, 0) is 44.1 Å². The van der Waals surface area contributed by atoms with Crippen molar-refractivity contribution in [2.24, 2.45) is 5.10 Å². The first-order valence-corrected chi connectivity index (χ1v) is 10.0. The van der Waals surface area contributed by atoms with Gasteiger partial charge in [-0.2, -0.15) is 20.0 Å². The molecule has 29 heavy (non-hydrogen) atoms. The van der Waals surface area contributed by atoms with Gasteiger partial charge in [0.1, 0.15) is 5.69 Å². The standard InChI is InChI=1S/C22H20N6S/c1-15-7-9-16(10-8-15)20-18(14-27(26-20)19-5-3-2-4-6-19)13-23-28-21(17-11-12-17)24-25-22(28)29/h2-10,13-14,17H,11-12H2,1H3,(H,25,29)/b23-13-. The highest BCUT2D eigenvalue weighted by Gasteiger charge is 2.29. The summed E-state index contributed by atoms with van der Waals surface area (Å²) in [7, 11) is 0. The van der Waals surface area contributed by atoms with Crippen LogP contribution in [0.2, 0.25) is 0 Å². The molecule has 2 heterocycles. The summed E-state index contributed by atoms with van der Waals surface area (Å²) >= 11 is 5.37. The molecule has 1 fully saturated rings. The molecular formula is C22H20N6S. The Hall–Kier alpha value is -3.32. The molecule has 5 rings (SSSR count). The Bertz CT molecular complexity index is 1230. The Morgan fingerprint density at radius 3 is 2.59 bits per heavy atom. The van der Waals surface area contributed by atoms with Crippen LogP contribution < -0.4 is 0 Å². The summed E-state index contributed by atoms with van der Waals surface area (Å²) in [5.41, 5.74) is 5.05. The van der Waals surface area contributed by atoms with E-state index in [1.165, 1.54) is 5.56 Å². The molecule has 0 radical (unpaired) electrons. The molecule has 0 unspecified atom stereocenters. The van der Waals surface area contributed by atoms with Gasteiger partial charge in [0.2, 0.25) is 4.77 Å². The highest BCUT2D eigenvalue weighted by Crippen LogP contribution is 2.38. The summed E-state index contributed by atoms with van der Waals surface area (Å²) < 4.78 is 4.12. The molecule has 0 aliphatic heterocycles. The highest BCUT2D eigenvalue weighted by molar-refractivity contribution is 7.71. The average molecular weight is 401 g/mol. The molecule has 1 saturated carbocycles. The van der Waals surface area contributed by atoms with Gasteiger partial charge in [0.25, 0.3) is 0 Å². The summed E-state index contributed by atoms with van der Waals surface area (Å²) in [5, 5.41) is 16.7. The number of benzene rings is 2. The van der Waals surface area contributed by atoms with E-state index >= 15 is 0 Å². The van der Waals surface area contributed by atoms with E-state index in [2.05, 4.69) is 46.5 Å². The second-order valence-corrected chi connectivity index (χ2v) is 7.68. The summed E-state index contributed by atoms with van der Waals surface area (Å²) in [6.45, 7) is 2.08. The molecule has 2 aromatic heterocycles. The number of nitrogens with one attached hydrogen (secondary N) is 1. The molecule has 1 aliphatic rings. The van der Waals surface area contributed by atoms with Gasteiger partial charge in [0, 0.05) is 23.2 Å². The maximum absolute atomic E-state index is 5.37. The SMILES string of the molecule is Cc1ccc(-c2nn(-c3ccccc3)cc2/C=N\n2c(C3CC3)n[nH]c2=S)cc1. The number of aromatic amines is 1. The van der Waals surface area contributed by atoms with Crippen LogP contribution in [0.25, 0.3) is 16.9 Å². The van der Waals surface area contributed by atoms with Crippen LogP contribution in [0.1, 0.15) is 35.7 Å². The van der Waals surface area contributed by atoms with E-state index in [0.29, 0.717) is 10.7 Å². The summed E-state index contributed by atoms with van der Waals surface area (Å²) in [6.07, 6.45) is 6.08. The minimum atomic E-state index is 0.448. The fourth-order valence-electron chi connectivity index (χ4n) is 3.27. The van der Waals surface area contributed by atoms with Gasteiger partial charge < -0.3 is 0 Å². The van der Waals surface area contributed by atoms with Gasteiger partial charge in [-0.3, -0.25) is 5.10 Å². The molecule has 1 N–H and O–H groups in total. The summed E-state index contributed by atoms with van der Waals surface area (Å²) in [4.78, 5) is 0. The first kappa shape index (κ1) is 17.8. The zero-order valence-electron chi connectivity index (χ0n) is 16.0. The monoisotopic (exact) mass is 400 g/mol. The largest absolute Gasteiger partial charge is 0.250 e. The molecule has 1 aliphatic carbocycles. The molecule has 0 saturated heterocycles. The van der Waals surface area contributed by atoms with E-state index in [-0.39, 0.29) is 0 Å². The smallest absolute Gasteiger partial charge is 0.216 e.